The highest BCUT2D eigenvalue weighted by Gasteiger charge is 2.36. The number of ether oxygens (including phenoxy) is 1. The number of fused-ring (bicyclic) bond motifs is 1. The number of aromatic nitrogens is 1. The third-order valence-electron chi connectivity index (χ3n) is 4.68. The molecule has 0 saturated carbocycles. The van der Waals surface area contributed by atoms with Crippen molar-refractivity contribution in [3.05, 3.63) is 52.5 Å². The van der Waals surface area contributed by atoms with Gasteiger partial charge in [-0.1, -0.05) is 23.7 Å². The van der Waals surface area contributed by atoms with Crippen molar-refractivity contribution in [1.82, 2.24) is 10.3 Å². The average Bonchev–Trinajstić information content (AvgIpc) is 3.29. The number of amides is 2. The molecule has 1 saturated heterocycles. The topological polar surface area (TPSA) is 71.5 Å². The van der Waals surface area contributed by atoms with Gasteiger partial charge >= 0.3 is 0 Å². The van der Waals surface area contributed by atoms with Gasteiger partial charge in [-0.25, -0.2) is 4.98 Å². The van der Waals surface area contributed by atoms with Crippen molar-refractivity contribution in [3.63, 3.8) is 0 Å². The van der Waals surface area contributed by atoms with E-state index in [1.54, 1.807) is 34.4 Å². The number of halogens is 1. The maximum absolute atomic E-state index is 12.6. The zero-order valence-corrected chi connectivity index (χ0v) is 16.7. The average molecular weight is 416 g/mol. The fourth-order valence-electron chi connectivity index (χ4n) is 3.29. The third-order valence-corrected chi connectivity index (χ3v) is 5.95. The van der Waals surface area contributed by atoms with Gasteiger partial charge < -0.3 is 15.0 Å². The van der Waals surface area contributed by atoms with E-state index in [2.05, 4.69) is 10.3 Å². The zero-order chi connectivity index (χ0) is 19.7. The predicted octanol–water partition coefficient (Wildman–Crippen LogP) is 3.63. The molecule has 1 unspecified atom stereocenters. The number of hydrogen-bond donors (Lipinski definition) is 1. The van der Waals surface area contributed by atoms with Crippen molar-refractivity contribution in [2.75, 3.05) is 18.6 Å². The lowest BCUT2D eigenvalue weighted by molar-refractivity contribution is -0.126. The van der Waals surface area contributed by atoms with Gasteiger partial charge in [-0.05, 0) is 30.3 Å². The lowest BCUT2D eigenvalue weighted by Gasteiger charge is -2.19. The van der Waals surface area contributed by atoms with E-state index in [0.717, 1.165) is 15.2 Å². The number of rotatable bonds is 5. The minimum atomic E-state index is -0.425. The van der Waals surface area contributed by atoms with Crippen LogP contribution in [0.3, 0.4) is 0 Å². The van der Waals surface area contributed by atoms with Crippen LogP contribution in [0.4, 0.5) is 5.69 Å². The fourth-order valence-corrected chi connectivity index (χ4v) is 4.37. The van der Waals surface area contributed by atoms with Gasteiger partial charge in [0, 0.05) is 18.0 Å². The Labute approximate surface area is 171 Å². The Morgan fingerprint density at radius 3 is 2.96 bits per heavy atom. The van der Waals surface area contributed by atoms with Crippen molar-refractivity contribution >= 4 is 50.7 Å². The molecule has 0 radical (unpaired) electrons. The maximum Gasteiger partial charge on any atom is 0.227 e. The Balaban J connectivity index is 1.43. The standard InChI is InChI=1S/C20H18ClN3O3S/c1-27-16-7-6-13(21)9-15(16)24-11-12(8-19(24)25)20(26)22-10-18-23-14-4-2-3-5-17(14)28-18/h2-7,9,12H,8,10-11H2,1H3,(H,22,26). The number of para-hydroxylation sites is 1. The van der Waals surface area contributed by atoms with Crippen molar-refractivity contribution in [2.45, 2.75) is 13.0 Å². The van der Waals surface area contributed by atoms with Crippen LogP contribution in [0.1, 0.15) is 11.4 Å². The minimum absolute atomic E-state index is 0.124. The lowest BCUT2D eigenvalue weighted by atomic mass is 10.1. The van der Waals surface area contributed by atoms with Crippen LogP contribution in [-0.2, 0) is 16.1 Å². The monoisotopic (exact) mass is 415 g/mol. The summed E-state index contributed by atoms with van der Waals surface area (Å²) < 4.78 is 6.42. The van der Waals surface area contributed by atoms with Gasteiger partial charge in [0.15, 0.2) is 0 Å². The molecule has 4 rings (SSSR count). The van der Waals surface area contributed by atoms with Gasteiger partial charge in [-0.3, -0.25) is 9.59 Å². The van der Waals surface area contributed by atoms with Crippen LogP contribution in [0.15, 0.2) is 42.5 Å². The van der Waals surface area contributed by atoms with Crippen LogP contribution in [0.5, 0.6) is 5.75 Å². The molecule has 3 aromatic rings. The van der Waals surface area contributed by atoms with Crippen LogP contribution in [0, 0.1) is 5.92 Å². The summed E-state index contributed by atoms with van der Waals surface area (Å²) in [6, 6.07) is 12.9. The van der Waals surface area contributed by atoms with E-state index in [4.69, 9.17) is 16.3 Å². The zero-order valence-electron chi connectivity index (χ0n) is 15.1. The first-order valence-corrected chi connectivity index (χ1v) is 10.0. The summed E-state index contributed by atoms with van der Waals surface area (Å²) in [6.45, 7) is 0.643. The van der Waals surface area contributed by atoms with E-state index in [1.165, 1.54) is 7.11 Å². The fraction of sp³-hybridized carbons (Fsp3) is 0.250. The van der Waals surface area contributed by atoms with Crippen LogP contribution < -0.4 is 15.0 Å². The SMILES string of the molecule is COc1ccc(Cl)cc1N1CC(C(=O)NCc2nc3ccccc3s2)CC1=O. The molecule has 1 aliphatic rings. The van der Waals surface area contributed by atoms with Gasteiger partial charge in [-0.15, -0.1) is 11.3 Å². The first-order valence-electron chi connectivity index (χ1n) is 8.81. The van der Waals surface area contributed by atoms with Crippen LogP contribution in [-0.4, -0.2) is 30.5 Å². The van der Waals surface area contributed by atoms with Crippen molar-refractivity contribution in [2.24, 2.45) is 5.92 Å². The summed E-state index contributed by atoms with van der Waals surface area (Å²) in [5, 5.41) is 4.25. The molecule has 1 aromatic heterocycles. The second-order valence-corrected chi connectivity index (χ2v) is 8.07. The molecule has 2 amide bonds. The normalized spacial score (nSPS) is 16.6. The van der Waals surface area contributed by atoms with Crippen molar-refractivity contribution < 1.29 is 14.3 Å². The number of thiazole rings is 1. The van der Waals surface area contributed by atoms with Crippen molar-refractivity contribution in [1.29, 1.82) is 0 Å². The summed E-state index contributed by atoms with van der Waals surface area (Å²) in [7, 11) is 1.54. The van der Waals surface area contributed by atoms with E-state index in [9.17, 15) is 9.59 Å². The number of carbonyl (C=O) groups is 2. The molecule has 1 atom stereocenters. The quantitative estimate of drug-likeness (QED) is 0.690. The van der Waals surface area contributed by atoms with E-state index < -0.39 is 5.92 Å². The summed E-state index contributed by atoms with van der Waals surface area (Å²) in [5.74, 6) is -0.157. The molecule has 1 N–H and O–H groups in total. The molecular weight excluding hydrogens is 398 g/mol. The number of nitrogens with zero attached hydrogens (tertiary/aromatic N) is 2. The molecule has 144 valence electrons. The number of anilines is 1. The van der Waals surface area contributed by atoms with Gasteiger partial charge in [0.25, 0.3) is 0 Å². The smallest absolute Gasteiger partial charge is 0.227 e. The summed E-state index contributed by atoms with van der Waals surface area (Å²) in [4.78, 5) is 31.2. The Morgan fingerprint density at radius 2 is 2.18 bits per heavy atom. The summed E-state index contributed by atoms with van der Waals surface area (Å²) in [5.41, 5.74) is 1.51. The number of hydrogen-bond acceptors (Lipinski definition) is 5. The van der Waals surface area contributed by atoms with Crippen LogP contribution >= 0.6 is 22.9 Å². The van der Waals surface area contributed by atoms with Gasteiger partial charge in [0.2, 0.25) is 11.8 Å². The molecular formula is C20H18ClN3O3S. The highest BCUT2D eigenvalue weighted by molar-refractivity contribution is 7.18. The van der Waals surface area contributed by atoms with Crippen LogP contribution in [0.25, 0.3) is 10.2 Å². The Bertz CT molecular complexity index is 1020. The van der Waals surface area contributed by atoms with Gasteiger partial charge in [0.05, 0.1) is 35.5 Å². The predicted molar refractivity (Wildman–Crippen MR) is 110 cm³/mol. The highest BCUT2D eigenvalue weighted by Crippen LogP contribution is 2.35. The molecule has 2 aromatic carbocycles. The lowest BCUT2D eigenvalue weighted by Crippen LogP contribution is -2.32. The summed E-state index contributed by atoms with van der Waals surface area (Å²) in [6.07, 6.45) is 0.154. The molecule has 2 heterocycles. The maximum atomic E-state index is 12.6. The molecule has 0 aliphatic carbocycles. The Kier molecular flexibility index (Phi) is 5.19. The van der Waals surface area contributed by atoms with Crippen molar-refractivity contribution in [3.8, 4) is 5.75 Å². The molecule has 28 heavy (non-hydrogen) atoms. The van der Waals surface area contributed by atoms with E-state index >= 15 is 0 Å². The number of nitrogens with one attached hydrogen (secondary N) is 1. The van der Waals surface area contributed by atoms with E-state index in [0.29, 0.717) is 29.5 Å². The second-order valence-electron chi connectivity index (χ2n) is 6.51. The Hall–Kier alpha value is -2.64. The second kappa shape index (κ2) is 7.77. The Morgan fingerprint density at radius 1 is 1.36 bits per heavy atom. The molecule has 1 aliphatic heterocycles. The largest absolute Gasteiger partial charge is 0.495 e. The number of carbonyl (C=O) groups excluding carboxylic acids is 2. The first kappa shape index (κ1) is 18.7. The highest BCUT2D eigenvalue weighted by atomic mass is 35.5. The minimum Gasteiger partial charge on any atom is -0.495 e. The molecule has 0 bridgehead atoms. The number of benzene rings is 2. The molecule has 0 spiro atoms. The molecule has 6 nitrogen and oxygen atoms in total. The summed E-state index contributed by atoms with van der Waals surface area (Å²) >= 11 is 7.62. The van der Waals surface area contributed by atoms with E-state index in [-0.39, 0.29) is 18.2 Å². The van der Waals surface area contributed by atoms with Gasteiger partial charge in [0.1, 0.15) is 10.8 Å². The number of methoxy groups -OCH3 is 1. The van der Waals surface area contributed by atoms with Gasteiger partial charge in [-0.2, -0.15) is 0 Å². The van der Waals surface area contributed by atoms with E-state index in [1.807, 2.05) is 24.3 Å². The third kappa shape index (κ3) is 3.68. The molecule has 1 fully saturated rings. The first-order chi connectivity index (χ1) is 13.5. The van der Waals surface area contributed by atoms with Crippen LogP contribution in [0.2, 0.25) is 5.02 Å². The molecule has 8 heteroatoms.